The molecule has 0 N–H and O–H groups in total. The maximum atomic E-state index is 9.43. The summed E-state index contributed by atoms with van der Waals surface area (Å²) in [5.41, 5.74) is 6.67. The molecule has 0 aliphatic carbocycles. The van der Waals surface area contributed by atoms with E-state index in [9.17, 15) is 5.26 Å². The van der Waals surface area contributed by atoms with Crippen LogP contribution >= 0.6 is 0 Å². The van der Waals surface area contributed by atoms with Crippen LogP contribution in [0.3, 0.4) is 0 Å². The predicted octanol–water partition coefficient (Wildman–Crippen LogP) is 4.37. The van der Waals surface area contributed by atoms with E-state index in [1.54, 1.807) is 6.07 Å². The van der Waals surface area contributed by atoms with Crippen molar-refractivity contribution in [2.75, 3.05) is 0 Å². The molecule has 0 radical (unpaired) electrons. The second kappa shape index (κ2) is 5.31. The predicted molar refractivity (Wildman–Crippen MR) is 99.0 cm³/mol. The first-order chi connectivity index (χ1) is 12.8. The van der Waals surface area contributed by atoms with Crippen LogP contribution < -0.4 is 4.68 Å². The average molecular weight is 333 g/mol. The normalized spacial score (nSPS) is 11.6. The van der Waals surface area contributed by atoms with Crippen LogP contribution in [0.2, 0.25) is 0 Å². The van der Waals surface area contributed by atoms with Gasteiger partial charge in [0.15, 0.2) is 12.2 Å². The van der Waals surface area contributed by atoms with Gasteiger partial charge in [-0.25, -0.2) is 4.85 Å². The van der Waals surface area contributed by atoms with Gasteiger partial charge in [0.1, 0.15) is 11.2 Å². The lowest BCUT2D eigenvalue weighted by molar-refractivity contribution is -0.749. The minimum Gasteiger partial charge on any atom is -0.238 e. The molecule has 0 unspecified atom stereocenters. The largest absolute Gasteiger partial charge is 0.238 e. The number of fused-ring (bicyclic) bond motifs is 5. The molecule has 0 spiro atoms. The van der Waals surface area contributed by atoms with Crippen molar-refractivity contribution in [2.45, 2.75) is 6.54 Å². The molecule has 4 nitrogen and oxygen atoms in total. The number of aromatic nitrogens is 2. The summed E-state index contributed by atoms with van der Waals surface area (Å²) in [6, 6.07) is 22.5. The molecule has 0 saturated heterocycles. The number of hydrogen-bond acceptors (Lipinski definition) is 1. The van der Waals surface area contributed by atoms with Crippen LogP contribution in [0, 0.1) is 17.9 Å². The van der Waals surface area contributed by atoms with E-state index in [1.807, 2.05) is 30.5 Å². The summed E-state index contributed by atoms with van der Waals surface area (Å²) in [5, 5.41) is 10.3. The van der Waals surface area contributed by atoms with Crippen molar-refractivity contribution < 1.29 is 4.68 Å². The van der Waals surface area contributed by atoms with Crippen LogP contribution in [0.1, 0.15) is 11.1 Å². The van der Waals surface area contributed by atoms with E-state index >= 15 is 0 Å². The lowest BCUT2D eigenvalue weighted by Crippen LogP contribution is -2.36. The summed E-state index contributed by atoms with van der Waals surface area (Å²) in [4.78, 5) is 3.52. The second-order valence-corrected chi connectivity index (χ2v) is 6.40. The third-order valence-electron chi connectivity index (χ3n) is 4.90. The average Bonchev–Trinajstić information content (AvgIpc) is 3.23. The molecular formula is C22H13N4+. The highest BCUT2D eigenvalue weighted by Crippen LogP contribution is 2.32. The molecule has 2 heterocycles. The van der Waals surface area contributed by atoms with Gasteiger partial charge in [-0.3, -0.25) is 0 Å². The Morgan fingerprint density at radius 3 is 2.65 bits per heavy atom. The van der Waals surface area contributed by atoms with Gasteiger partial charge in [-0.05, 0) is 35.4 Å². The molecule has 0 amide bonds. The first kappa shape index (κ1) is 14.5. The van der Waals surface area contributed by atoms with Crippen LogP contribution in [0.25, 0.3) is 32.6 Å². The summed E-state index contributed by atoms with van der Waals surface area (Å²) >= 11 is 0. The molecule has 3 aromatic carbocycles. The Balaban J connectivity index is 1.72. The van der Waals surface area contributed by atoms with Crippen molar-refractivity contribution in [1.82, 2.24) is 4.68 Å². The van der Waals surface area contributed by atoms with E-state index < -0.39 is 0 Å². The van der Waals surface area contributed by atoms with Gasteiger partial charge in [-0.1, -0.05) is 36.4 Å². The Morgan fingerprint density at radius 1 is 1.04 bits per heavy atom. The molecule has 4 aromatic rings. The van der Waals surface area contributed by atoms with Crippen molar-refractivity contribution in [2.24, 2.45) is 0 Å². The van der Waals surface area contributed by atoms with E-state index in [2.05, 4.69) is 50.6 Å². The lowest BCUT2D eigenvalue weighted by atomic mass is 10.0. The smallest absolute Gasteiger partial charge is 0.205 e. The Kier molecular flexibility index (Phi) is 2.95. The van der Waals surface area contributed by atoms with Crippen LogP contribution in [0.5, 0.6) is 0 Å². The molecule has 120 valence electrons. The van der Waals surface area contributed by atoms with Crippen molar-refractivity contribution in [3.05, 3.63) is 89.4 Å². The molecular weight excluding hydrogens is 320 g/mol. The Bertz CT molecular complexity index is 1270. The topological polar surface area (TPSA) is 37.0 Å². The molecule has 4 heteroatoms. The van der Waals surface area contributed by atoms with Gasteiger partial charge < -0.3 is 0 Å². The lowest BCUT2D eigenvalue weighted by Gasteiger charge is -2.04. The van der Waals surface area contributed by atoms with Crippen molar-refractivity contribution in [3.8, 4) is 22.9 Å². The summed E-state index contributed by atoms with van der Waals surface area (Å²) < 4.78 is 4.22. The minimum absolute atomic E-state index is 0.491. The fraction of sp³-hybridized carbons (Fsp3) is 0.0455. The monoisotopic (exact) mass is 333 g/mol. The molecule has 26 heavy (non-hydrogen) atoms. The van der Waals surface area contributed by atoms with E-state index in [0.717, 1.165) is 23.1 Å². The second-order valence-electron chi connectivity index (χ2n) is 6.40. The fourth-order valence-corrected chi connectivity index (χ4v) is 3.72. The van der Waals surface area contributed by atoms with Gasteiger partial charge in [0, 0.05) is 5.56 Å². The first-order valence-corrected chi connectivity index (χ1v) is 8.34. The van der Waals surface area contributed by atoms with Gasteiger partial charge in [0.25, 0.3) is 0 Å². The van der Waals surface area contributed by atoms with Gasteiger partial charge in [0.05, 0.1) is 23.6 Å². The Labute approximate surface area is 150 Å². The SMILES string of the molecule is [C-]#[N+]c1cc(C#N)c2c[n+]3n(c2c1)-c1ccc(-c2ccccc2)cc1C3. The summed E-state index contributed by atoms with van der Waals surface area (Å²) in [5.74, 6) is 0. The zero-order valence-corrected chi connectivity index (χ0v) is 13.8. The number of rotatable bonds is 1. The molecule has 0 fully saturated rings. The standard InChI is InChI=1S/C22H13N4/c1-24-19-10-17(12-23)20-14-25-13-18-9-16(15-5-3-2-4-6-15)7-8-21(18)26(25)22(20)11-19/h2-11,14H,13H2/q+1. The van der Waals surface area contributed by atoms with Crippen LogP contribution in [0.4, 0.5) is 5.69 Å². The van der Waals surface area contributed by atoms with Gasteiger partial charge in [-0.2, -0.15) is 5.26 Å². The maximum Gasteiger partial charge on any atom is 0.205 e. The molecule has 0 atom stereocenters. The third kappa shape index (κ3) is 1.97. The highest BCUT2D eigenvalue weighted by atomic mass is 15.4. The maximum absolute atomic E-state index is 9.43. The van der Waals surface area contributed by atoms with Crippen molar-refractivity contribution in [3.63, 3.8) is 0 Å². The minimum atomic E-state index is 0.491. The van der Waals surface area contributed by atoms with Crippen molar-refractivity contribution >= 4 is 16.6 Å². The summed E-state index contributed by atoms with van der Waals surface area (Å²) in [6.07, 6.45) is 2.00. The highest BCUT2D eigenvalue weighted by molar-refractivity contribution is 5.89. The zero-order chi connectivity index (χ0) is 17.7. The van der Waals surface area contributed by atoms with Crippen molar-refractivity contribution in [1.29, 1.82) is 5.26 Å². The van der Waals surface area contributed by atoms with E-state index in [0.29, 0.717) is 11.3 Å². The van der Waals surface area contributed by atoms with E-state index in [4.69, 9.17) is 6.57 Å². The molecule has 0 bridgehead atoms. The first-order valence-electron chi connectivity index (χ1n) is 8.34. The third-order valence-corrected chi connectivity index (χ3v) is 4.90. The molecule has 5 rings (SSSR count). The van der Waals surface area contributed by atoms with Gasteiger partial charge in [0.2, 0.25) is 6.20 Å². The molecule has 1 aliphatic heterocycles. The Hall–Kier alpha value is -3.89. The number of nitriles is 1. The van der Waals surface area contributed by atoms with Gasteiger partial charge >= 0.3 is 0 Å². The zero-order valence-electron chi connectivity index (χ0n) is 13.8. The van der Waals surface area contributed by atoms with Crippen LogP contribution in [-0.4, -0.2) is 4.68 Å². The number of nitrogens with zero attached hydrogens (tertiary/aromatic N) is 4. The number of benzene rings is 3. The fourth-order valence-electron chi connectivity index (χ4n) is 3.72. The molecule has 1 aliphatic rings. The summed E-state index contributed by atoms with van der Waals surface area (Å²) in [7, 11) is 0. The van der Waals surface area contributed by atoms with E-state index in [-0.39, 0.29) is 0 Å². The quantitative estimate of drug-likeness (QED) is 0.331. The Morgan fingerprint density at radius 2 is 1.88 bits per heavy atom. The number of hydrogen-bond donors (Lipinski definition) is 0. The van der Waals surface area contributed by atoms with Crippen LogP contribution in [0.15, 0.2) is 66.9 Å². The molecule has 0 saturated carbocycles. The van der Waals surface area contributed by atoms with E-state index in [1.165, 1.54) is 16.7 Å². The molecule has 1 aromatic heterocycles. The van der Waals surface area contributed by atoms with Crippen LogP contribution in [-0.2, 0) is 6.54 Å². The van der Waals surface area contributed by atoms with Gasteiger partial charge in [-0.15, -0.1) is 9.36 Å². The highest BCUT2D eigenvalue weighted by Gasteiger charge is 2.29. The summed E-state index contributed by atoms with van der Waals surface area (Å²) in [6.45, 7) is 8.06.